The zero-order valence-corrected chi connectivity index (χ0v) is 9.94. The Labute approximate surface area is 99.6 Å². The molecule has 1 aliphatic heterocycles. The van der Waals surface area contributed by atoms with Gasteiger partial charge in [0.2, 0.25) is 5.95 Å². The third-order valence-corrected chi connectivity index (χ3v) is 2.89. The van der Waals surface area contributed by atoms with Crippen molar-refractivity contribution in [3.05, 3.63) is 11.2 Å². The number of anilines is 2. The predicted octanol–water partition coefficient (Wildman–Crippen LogP) is 1.33. The highest BCUT2D eigenvalue weighted by Crippen LogP contribution is 2.22. The fraction of sp³-hybridized carbons (Fsp3) is 0.600. The quantitative estimate of drug-likeness (QED) is 0.793. The third kappa shape index (κ3) is 2.36. The largest absolute Gasteiger partial charge is 0.377 e. The van der Waals surface area contributed by atoms with Crippen molar-refractivity contribution in [2.45, 2.75) is 19.4 Å². The second kappa shape index (κ2) is 4.84. The molecule has 1 aromatic rings. The van der Waals surface area contributed by atoms with Crippen molar-refractivity contribution in [3.8, 4) is 0 Å². The minimum Gasteiger partial charge on any atom is -0.377 e. The second-order valence-corrected chi connectivity index (χ2v) is 4.12. The lowest BCUT2D eigenvalue weighted by atomic mass is 10.2. The molecular weight excluding hydrogens is 228 g/mol. The molecule has 6 heteroatoms. The summed E-state index contributed by atoms with van der Waals surface area (Å²) in [7, 11) is 0. The molecule has 0 saturated carbocycles. The molecule has 0 aliphatic carbocycles. The molecular formula is C10H15ClN4O. The maximum absolute atomic E-state index is 5.87. The molecule has 1 saturated heterocycles. The molecule has 0 spiro atoms. The summed E-state index contributed by atoms with van der Waals surface area (Å²) >= 11 is 5.87. The first kappa shape index (κ1) is 11.4. The van der Waals surface area contributed by atoms with Crippen LogP contribution in [0.4, 0.5) is 11.8 Å². The summed E-state index contributed by atoms with van der Waals surface area (Å²) in [6.07, 6.45) is 1.00. The average molecular weight is 243 g/mol. The zero-order chi connectivity index (χ0) is 11.5. The molecule has 0 amide bonds. The van der Waals surface area contributed by atoms with E-state index in [1.54, 1.807) is 6.07 Å². The lowest BCUT2D eigenvalue weighted by Crippen LogP contribution is -2.45. The van der Waals surface area contributed by atoms with Gasteiger partial charge < -0.3 is 15.4 Å². The molecule has 0 aromatic carbocycles. The van der Waals surface area contributed by atoms with Crippen LogP contribution in [0, 0.1) is 0 Å². The Hall–Kier alpha value is -1.07. The molecule has 1 aliphatic rings. The number of aromatic nitrogens is 2. The normalized spacial score (nSPS) is 21.1. The first-order chi connectivity index (χ1) is 7.70. The first-order valence-corrected chi connectivity index (χ1v) is 5.73. The highest BCUT2D eigenvalue weighted by molar-refractivity contribution is 6.29. The van der Waals surface area contributed by atoms with E-state index in [0.29, 0.717) is 17.8 Å². The van der Waals surface area contributed by atoms with Crippen LogP contribution in [0.25, 0.3) is 0 Å². The second-order valence-electron chi connectivity index (χ2n) is 3.74. The van der Waals surface area contributed by atoms with Gasteiger partial charge in [0.1, 0.15) is 11.0 Å². The van der Waals surface area contributed by atoms with E-state index in [0.717, 1.165) is 25.4 Å². The minimum absolute atomic E-state index is 0.212. The molecule has 2 N–H and O–H groups in total. The van der Waals surface area contributed by atoms with Crippen LogP contribution in [-0.4, -0.2) is 35.8 Å². The molecule has 0 radical (unpaired) electrons. The molecule has 1 atom stereocenters. The van der Waals surface area contributed by atoms with Crippen LogP contribution in [0.3, 0.4) is 0 Å². The van der Waals surface area contributed by atoms with Gasteiger partial charge in [0, 0.05) is 12.6 Å². The number of nitrogens with zero attached hydrogens (tertiary/aromatic N) is 3. The molecule has 0 bridgehead atoms. The van der Waals surface area contributed by atoms with Crippen LogP contribution < -0.4 is 10.6 Å². The standard InChI is InChI=1S/C10H15ClN4O/c1-2-7-6-16-4-3-15(7)9-5-8(11)13-10(12)14-9/h5,7H,2-4,6H2,1H3,(H2,12,13,14)/t7-/m1/s1. The Morgan fingerprint density at radius 3 is 3.12 bits per heavy atom. The van der Waals surface area contributed by atoms with Gasteiger partial charge in [0.25, 0.3) is 0 Å². The van der Waals surface area contributed by atoms with E-state index in [-0.39, 0.29) is 5.95 Å². The summed E-state index contributed by atoms with van der Waals surface area (Å²) in [5.41, 5.74) is 5.59. The number of hydrogen-bond acceptors (Lipinski definition) is 5. The fourth-order valence-corrected chi connectivity index (χ4v) is 2.05. The van der Waals surface area contributed by atoms with Crippen molar-refractivity contribution in [1.82, 2.24) is 9.97 Å². The molecule has 0 unspecified atom stereocenters. The number of hydrogen-bond donors (Lipinski definition) is 1. The van der Waals surface area contributed by atoms with Gasteiger partial charge in [-0.15, -0.1) is 0 Å². The van der Waals surface area contributed by atoms with Crippen molar-refractivity contribution in [2.24, 2.45) is 0 Å². The van der Waals surface area contributed by atoms with Crippen LogP contribution in [0.1, 0.15) is 13.3 Å². The predicted molar refractivity (Wildman–Crippen MR) is 63.7 cm³/mol. The molecule has 2 heterocycles. The summed E-state index contributed by atoms with van der Waals surface area (Å²) in [6, 6.07) is 2.07. The van der Waals surface area contributed by atoms with Crippen molar-refractivity contribution in [3.63, 3.8) is 0 Å². The van der Waals surface area contributed by atoms with E-state index in [4.69, 9.17) is 22.1 Å². The molecule has 5 nitrogen and oxygen atoms in total. The Balaban J connectivity index is 2.26. The van der Waals surface area contributed by atoms with Gasteiger partial charge in [-0.2, -0.15) is 4.98 Å². The van der Waals surface area contributed by atoms with E-state index in [2.05, 4.69) is 21.8 Å². The first-order valence-electron chi connectivity index (χ1n) is 5.35. The van der Waals surface area contributed by atoms with Crippen molar-refractivity contribution >= 4 is 23.4 Å². The third-order valence-electron chi connectivity index (χ3n) is 2.69. The van der Waals surface area contributed by atoms with Crippen molar-refractivity contribution < 1.29 is 4.74 Å². The number of morpholine rings is 1. The van der Waals surface area contributed by atoms with Crippen LogP contribution in [0.2, 0.25) is 5.15 Å². The number of rotatable bonds is 2. The van der Waals surface area contributed by atoms with Crippen LogP contribution in [-0.2, 0) is 4.74 Å². The average Bonchev–Trinajstić information content (AvgIpc) is 2.27. The van der Waals surface area contributed by atoms with Gasteiger partial charge in [-0.25, -0.2) is 4.98 Å². The molecule has 1 aromatic heterocycles. The summed E-state index contributed by atoms with van der Waals surface area (Å²) in [4.78, 5) is 10.2. The van der Waals surface area contributed by atoms with Crippen molar-refractivity contribution in [2.75, 3.05) is 30.4 Å². The van der Waals surface area contributed by atoms with Gasteiger partial charge in [0.15, 0.2) is 0 Å². The van der Waals surface area contributed by atoms with Gasteiger partial charge in [0.05, 0.1) is 19.3 Å². The zero-order valence-electron chi connectivity index (χ0n) is 9.19. The summed E-state index contributed by atoms with van der Waals surface area (Å²) in [5.74, 6) is 0.997. The molecule has 88 valence electrons. The molecule has 16 heavy (non-hydrogen) atoms. The fourth-order valence-electron chi connectivity index (χ4n) is 1.86. The van der Waals surface area contributed by atoms with E-state index >= 15 is 0 Å². The minimum atomic E-state index is 0.212. The highest BCUT2D eigenvalue weighted by atomic mass is 35.5. The van der Waals surface area contributed by atoms with Gasteiger partial charge >= 0.3 is 0 Å². The van der Waals surface area contributed by atoms with Gasteiger partial charge in [-0.3, -0.25) is 0 Å². The van der Waals surface area contributed by atoms with E-state index < -0.39 is 0 Å². The van der Waals surface area contributed by atoms with Crippen LogP contribution >= 0.6 is 11.6 Å². The SMILES string of the molecule is CC[C@@H]1COCCN1c1cc(Cl)nc(N)n1. The Morgan fingerprint density at radius 1 is 1.62 bits per heavy atom. The maximum Gasteiger partial charge on any atom is 0.223 e. The summed E-state index contributed by atoms with van der Waals surface area (Å²) in [6.45, 7) is 4.36. The van der Waals surface area contributed by atoms with Crippen LogP contribution in [0.15, 0.2) is 6.07 Å². The molecule has 2 rings (SSSR count). The lowest BCUT2D eigenvalue weighted by Gasteiger charge is -2.35. The van der Waals surface area contributed by atoms with Gasteiger partial charge in [-0.1, -0.05) is 18.5 Å². The van der Waals surface area contributed by atoms with Crippen molar-refractivity contribution in [1.29, 1.82) is 0 Å². The van der Waals surface area contributed by atoms with Gasteiger partial charge in [-0.05, 0) is 6.42 Å². The summed E-state index contributed by atoms with van der Waals surface area (Å²) < 4.78 is 5.44. The monoisotopic (exact) mass is 242 g/mol. The number of nitrogen functional groups attached to an aromatic ring is 1. The van der Waals surface area contributed by atoms with E-state index in [1.807, 2.05) is 0 Å². The Bertz CT molecular complexity index is 354. The topological polar surface area (TPSA) is 64.3 Å². The Morgan fingerprint density at radius 2 is 2.44 bits per heavy atom. The van der Waals surface area contributed by atoms with E-state index in [1.165, 1.54) is 0 Å². The van der Waals surface area contributed by atoms with Crippen LogP contribution in [0.5, 0.6) is 0 Å². The maximum atomic E-state index is 5.87. The lowest BCUT2D eigenvalue weighted by molar-refractivity contribution is 0.0926. The number of halogens is 1. The summed E-state index contributed by atoms with van der Waals surface area (Å²) in [5, 5.41) is 0.379. The number of ether oxygens (including phenoxy) is 1. The molecule has 1 fully saturated rings. The van der Waals surface area contributed by atoms with E-state index in [9.17, 15) is 0 Å². The highest BCUT2D eigenvalue weighted by Gasteiger charge is 2.23. The number of nitrogens with two attached hydrogens (primary N) is 1. The Kier molecular flexibility index (Phi) is 3.46. The smallest absolute Gasteiger partial charge is 0.223 e.